The summed E-state index contributed by atoms with van der Waals surface area (Å²) in [6.45, 7) is 0. The van der Waals surface area contributed by atoms with Gasteiger partial charge in [0.05, 0.1) is 5.39 Å². The maximum atomic E-state index is 5.46. The molecule has 4 heteroatoms. The fourth-order valence-electron chi connectivity index (χ4n) is 1.36. The molecule has 62 valence electrons. The van der Waals surface area contributed by atoms with Gasteiger partial charge in [-0.05, 0) is 6.07 Å². The molecule has 0 aliphatic heterocycles. The highest BCUT2D eigenvalue weighted by Crippen LogP contribution is 2.24. The third-order valence-corrected chi connectivity index (χ3v) is 1.95. The predicted octanol–water partition coefficient (Wildman–Crippen LogP) is 1.77. The van der Waals surface area contributed by atoms with E-state index in [9.17, 15) is 0 Å². The van der Waals surface area contributed by atoms with Gasteiger partial charge in [-0.3, -0.25) is 4.98 Å². The van der Waals surface area contributed by atoms with Gasteiger partial charge in [-0.1, -0.05) is 0 Å². The maximum absolute atomic E-state index is 5.46. The number of fused-ring (bicyclic) bond motifs is 3. The first-order chi connectivity index (χ1) is 6.45. The van der Waals surface area contributed by atoms with Crippen LogP contribution >= 0.6 is 0 Å². The van der Waals surface area contributed by atoms with Crippen molar-refractivity contribution < 1.29 is 4.42 Å². The van der Waals surface area contributed by atoms with E-state index in [-0.39, 0.29) is 0 Å². The second-order valence-corrected chi connectivity index (χ2v) is 2.72. The summed E-state index contributed by atoms with van der Waals surface area (Å²) in [6.07, 6.45) is 6.65. The van der Waals surface area contributed by atoms with E-state index in [2.05, 4.69) is 15.0 Å². The van der Waals surface area contributed by atoms with Crippen LogP contribution < -0.4 is 0 Å². The molecule has 0 atom stereocenters. The van der Waals surface area contributed by atoms with Gasteiger partial charge in [-0.25, -0.2) is 9.97 Å². The molecule has 0 saturated carbocycles. The zero-order valence-electron chi connectivity index (χ0n) is 6.64. The van der Waals surface area contributed by atoms with Crippen LogP contribution in [0.4, 0.5) is 0 Å². The van der Waals surface area contributed by atoms with Crippen molar-refractivity contribution in [1.29, 1.82) is 0 Å². The van der Waals surface area contributed by atoms with Crippen LogP contribution in [-0.4, -0.2) is 15.0 Å². The smallest absolute Gasteiger partial charge is 0.230 e. The Bertz CT molecular complexity index is 523. The summed E-state index contributed by atoms with van der Waals surface area (Å²) < 4.78 is 5.46. The summed E-state index contributed by atoms with van der Waals surface area (Å²) in [7, 11) is 0. The zero-order chi connectivity index (χ0) is 8.67. The van der Waals surface area contributed by atoms with Crippen LogP contribution in [0.25, 0.3) is 22.1 Å². The highest BCUT2D eigenvalue weighted by Gasteiger charge is 2.05. The monoisotopic (exact) mass is 171 g/mol. The second kappa shape index (κ2) is 2.26. The van der Waals surface area contributed by atoms with E-state index in [1.54, 1.807) is 18.6 Å². The van der Waals surface area contributed by atoms with Crippen molar-refractivity contribution in [2.45, 2.75) is 0 Å². The van der Waals surface area contributed by atoms with Crippen LogP contribution in [-0.2, 0) is 0 Å². The van der Waals surface area contributed by atoms with E-state index < -0.39 is 0 Å². The van der Waals surface area contributed by atoms with Crippen LogP contribution in [0.5, 0.6) is 0 Å². The van der Waals surface area contributed by atoms with Crippen molar-refractivity contribution in [3.63, 3.8) is 0 Å². The zero-order valence-corrected chi connectivity index (χ0v) is 6.64. The molecule has 3 heterocycles. The van der Waals surface area contributed by atoms with Gasteiger partial charge in [0.2, 0.25) is 5.71 Å². The summed E-state index contributed by atoms with van der Waals surface area (Å²) in [5.74, 6) is 0. The first kappa shape index (κ1) is 6.54. The van der Waals surface area contributed by atoms with Gasteiger partial charge in [0.25, 0.3) is 0 Å². The minimum Gasteiger partial charge on any atom is -0.437 e. The summed E-state index contributed by atoms with van der Waals surface area (Å²) >= 11 is 0. The Labute approximate surface area is 73.2 Å². The summed E-state index contributed by atoms with van der Waals surface area (Å²) in [4.78, 5) is 12.0. The summed E-state index contributed by atoms with van der Waals surface area (Å²) in [5.41, 5.74) is 1.41. The molecule has 0 aliphatic carbocycles. The highest BCUT2D eigenvalue weighted by atomic mass is 16.3. The number of nitrogens with zero attached hydrogens (tertiary/aromatic N) is 3. The van der Waals surface area contributed by atoms with Crippen molar-refractivity contribution in [3.05, 3.63) is 31.0 Å². The lowest BCUT2D eigenvalue weighted by atomic mass is 10.3. The van der Waals surface area contributed by atoms with Crippen LogP contribution in [0, 0.1) is 0 Å². The van der Waals surface area contributed by atoms with Crippen LogP contribution in [0.1, 0.15) is 0 Å². The molecule has 0 spiro atoms. The molecule has 0 radical (unpaired) electrons. The molecule has 4 nitrogen and oxygen atoms in total. The third kappa shape index (κ3) is 0.823. The lowest BCUT2D eigenvalue weighted by Crippen LogP contribution is -1.74. The molecule has 0 aliphatic rings. The first-order valence-corrected chi connectivity index (χ1v) is 3.87. The van der Waals surface area contributed by atoms with Gasteiger partial charge >= 0.3 is 0 Å². The second-order valence-electron chi connectivity index (χ2n) is 2.72. The maximum Gasteiger partial charge on any atom is 0.230 e. The Morgan fingerprint density at radius 1 is 1.08 bits per heavy atom. The topological polar surface area (TPSA) is 51.8 Å². The van der Waals surface area contributed by atoms with E-state index in [1.165, 1.54) is 6.33 Å². The van der Waals surface area contributed by atoms with Gasteiger partial charge in [0.1, 0.15) is 11.9 Å². The van der Waals surface area contributed by atoms with Crippen LogP contribution in [0.2, 0.25) is 0 Å². The van der Waals surface area contributed by atoms with E-state index in [4.69, 9.17) is 4.42 Å². The normalized spacial score (nSPS) is 11.1. The minimum atomic E-state index is 0.609. The molecule has 0 saturated heterocycles. The molecular formula is C9H5N3O. The molecule has 0 bridgehead atoms. The molecular weight excluding hydrogens is 166 g/mol. The molecule has 3 aromatic heterocycles. The van der Waals surface area contributed by atoms with E-state index in [1.807, 2.05) is 6.07 Å². The first-order valence-electron chi connectivity index (χ1n) is 3.87. The number of rotatable bonds is 0. The number of hydrogen-bond acceptors (Lipinski definition) is 4. The Balaban J connectivity index is 2.64. The Morgan fingerprint density at radius 2 is 2.00 bits per heavy atom. The van der Waals surface area contributed by atoms with Crippen molar-refractivity contribution in [2.24, 2.45) is 0 Å². The summed E-state index contributed by atoms with van der Waals surface area (Å²) in [6, 6.07) is 1.82. The molecule has 0 fully saturated rings. The van der Waals surface area contributed by atoms with Crippen molar-refractivity contribution in [3.8, 4) is 0 Å². The van der Waals surface area contributed by atoms with Gasteiger partial charge in [-0.2, -0.15) is 0 Å². The van der Waals surface area contributed by atoms with Crippen LogP contribution in [0.3, 0.4) is 0 Å². The molecule has 13 heavy (non-hydrogen) atoms. The Morgan fingerprint density at radius 3 is 3.00 bits per heavy atom. The largest absolute Gasteiger partial charge is 0.437 e. The molecule has 0 unspecified atom stereocenters. The molecule has 3 rings (SSSR count). The number of pyridine rings is 1. The molecule has 0 N–H and O–H groups in total. The molecule has 0 aromatic carbocycles. The van der Waals surface area contributed by atoms with Crippen LogP contribution in [0.15, 0.2) is 35.4 Å². The number of aromatic nitrogens is 3. The molecule has 3 aromatic rings. The fourth-order valence-corrected chi connectivity index (χ4v) is 1.36. The minimum absolute atomic E-state index is 0.609. The standard InChI is InChI=1S/C9H5N3O/c1-2-10-3-6-7-4-11-5-12-9(7)13-8(1)6/h1-5H. The van der Waals surface area contributed by atoms with Crippen molar-refractivity contribution >= 4 is 22.1 Å². The fraction of sp³-hybridized carbons (Fsp3) is 0. The van der Waals surface area contributed by atoms with E-state index >= 15 is 0 Å². The van der Waals surface area contributed by atoms with Gasteiger partial charge < -0.3 is 4.42 Å². The SMILES string of the molecule is c1cc2oc3ncncc3c2cn1. The quantitative estimate of drug-likeness (QED) is 0.517. The number of furan rings is 1. The van der Waals surface area contributed by atoms with Gasteiger partial charge in [-0.15, -0.1) is 0 Å². The van der Waals surface area contributed by atoms with E-state index in [0.29, 0.717) is 5.71 Å². The Kier molecular flexibility index (Phi) is 1.14. The average molecular weight is 171 g/mol. The number of hydrogen-bond donors (Lipinski definition) is 0. The lowest BCUT2D eigenvalue weighted by molar-refractivity contribution is 0.652. The van der Waals surface area contributed by atoms with Gasteiger partial charge in [0, 0.05) is 24.0 Å². The van der Waals surface area contributed by atoms with Crippen molar-refractivity contribution in [2.75, 3.05) is 0 Å². The predicted molar refractivity (Wildman–Crippen MR) is 47.1 cm³/mol. The molecule has 0 amide bonds. The lowest BCUT2D eigenvalue weighted by Gasteiger charge is -1.83. The average Bonchev–Trinajstić information content (AvgIpc) is 2.56. The third-order valence-electron chi connectivity index (χ3n) is 1.95. The Hall–Kier alpha value is -1.97. The summed E-state index contributed by atoms with van der Waals surface area (Å²) in [5, 5.41) is 1.86. The highest BCUT2D eigenvalue weighted by molar-refractivity contribution is 6.02. The van der Waals surface area contributed by atoms with E-state index in [0.717, 1.165) is 16.4 Å². The van der Waals surface area contributed by atoms with Gasteiger partial charge in [0.15, 0.2) is 0 Å². The van der Waals surface area contributed by atoms with Crippen molar-refractivity contribution in [1.82, 2.24) is 15.0 Å².